The molecular weight excluding hydrogens is 264 g/mol. The maximum Gasteiger partial charge on any atom is 0.221 e. The Morgan fingerprint density at radius 2 is 2.24 bits per heavy atom. The summed E-state index contributed by atoms with van der Waals surface area (Å²) in [6, 6.07) is 4.52. The van der Waals surface area contributed by atoms with Crippen LogP contribution in [0, 0.1) is 13.8 Å². The van der Waals surface area contributed by atoms with Crippen molar-refractivity contribution in [1.82, 2.24) is 10.3 Å². The first-order valence-electron chi connectivity index (χ1n) is 7.42. The zero-order chi connectivity index (χ0) is 15.0. The third-order valence-corrected chi connectivity index (χ3v) is 4.33. The van der Waals surface area contributed by atoms with Crippen molar-refractivity contribution in [1.29, 1.82) is 0 Å². The Balaban J connectivity index is 2.06. The molecule has 5 N–H and O–H groups in total. The second kappa shape index (κ2) is 5.41. The van der Waals surface area contributed by atoms with Crippen LogP contribution in [-0.4, -0.2) is 30.0 Å². The number of carbonyl (C=O) groups is 1. The summed E-state index contributed by atoms with van der Waals surface area (Å²) in [5, 5.41) is 8.17. The minimum Gasteiger partial charge on any atom is -0.380 e. The van der Waals surface area contributed by atoms with Crippen molar-refractivity contribution in [3.8, 4) is 0 Å². The number of aromatic amines is 1. The number of aromatic nitrogens is 1. The molecule has 112 valence electrons. The summed E-state index contributed by atoms with van der Waals surface area (Å²) in [7, 11) is 0. The summed E-state index contributed by atoms with van der Waals surface area (Å²) in [5.74, 6) is -0.304. The number of nitrogens with two attached hydrogens (primary N) is 1. The van der Waals surface area contributed by atoms with E-state index in [-0.39, 0.29) is 12.3 Å². The number of primary amides is 1. The maximum absolute atomic E-state index is 11.3. The third-order valence-electron chi connectivity index (χ3n) is 4.33. The van der Waals surface area contributed by atoms with Gasteiger partial charge in [0, 0.05) is 29.4 Å². The van der Waals surface area contributed by atoms with Gasteiger partial charge in [-0.15, -0.1) is 0 Å². The van der Waals surface area contributed by atoms with Crippen LogP contribution < -0.4 is 16.4 Å². The van der Waals surface area contributed by atoms with Crippen LogP contribution in [0.3, 0.4) is 0 Å². The minimum absolute atomic E-state index is 0.265. The Morgan fingerprint density at radius 3 is 2.90 bits per heavy atom. The molecule has 5 nitrogen and oxygen atoms in total. The maximum atomic E-state index is 11.3. The number of hydrogen-bond acceptors (Lipinski definition) is 3. The van der Waals surface area contributed by atoms with Crippen molar-refractivity contribution < 1.29 is 4.79 Å². The van der Waals surface area contributed by atoms with Crippen molar-refractivity contribution >= 4 is 22.5 Å². The number of nitrogens with one attached hydrogen (secondary N) is 3. The van der Waals surface area contributed by atoms with Crippen molar-refractivity contribution in [3.63, 3.8) is 0 Å². The van der Waals surface area contributed by atoms with Crippen molar-refractivity contribution in [2.45, 2.75) is 32.7 Å². The molecule has 2 heterocycles. The lowest BCUT2D eigenvalue weighted by atomic mass is 10.0. The van der Waals surface area contributed by atoms with Crippen LogP contribution in [0.2, 0.25) is 0 Å². The Labute approximate surface area is 124 Å². The Morgan fingerprint density at radius 1 is 1.43 bits per heavy atom. The lowest BCUT2D eigenvalue weighted by Crippen LogP contribution is -2.22. The van der Waals surface area contributed by atoms with Gasteiger partial charge in [0.25, 0.3) is 0 Å². The second-order valence-corrected chi connectivity index (χ2v) is 5.87. The van der Waals surface area contributed by atoms with E-state index in [4.69, 9.17) is 5.73 Å². The molecule has 2 aromatic rings. The first-order chi connectivity index (χ1) is 10.1. The summed E-state index contributed by atoms with van der Waals surface area (Å²) in [6.45, 7) is 6.23. The number of rotatable bonds is 4. The number of H-pyrrole nitrogens is 1. The van der Waals surface area contributed by atoms with Crippen molar-refractivity contribution in [2.75, 3.05) is 18.4 Å². The van der Waals surface area contributed by atoms with E-state index in [2.05, 4.69) is 35.5 Å². The lowest BCUT2D eigenvalue weighted by molar-refractivity contribution is -0.117. The summed E-state index contributed by atoms with van der Waals surface area (Å²) >= 11 is 0. The van der Waals surface area contributed by atoms with Gasteiger partial charge in [-0.2, -0.15) is 0 Å². The van der Waals surface area contributed by atoms with Crippen LogP contribution in [0.4, 0.5) is 5.69 Å². The molecule has 1 aromatic carbocycles. The summed E-state index contributed by atoms with van der Waals surface area (Å²) in [5.41, 5.74) is 10.8. The van der Waals surface area contributed by atoms with E-state index < -0.39 is 0 Å². The number of benzene rings is 1. The topological polar surface area (TPSA) is 82.9 Å². The van der Waals surface area contributed by atoms with Gasteiger partial charge in [0.15, 0.2) is 0 Å². The summed E-state index contributed by atoms with van der Waals surface area (Å²) < 4.78 is 0. The molecule has 0 saturated carbocycles. The zero-order valence-electron chi connectivity index (χ0n) is 12.5. The van der Waals surface area contributed by atoms with Crippen LogP contribution in [0.5, 0.6) is 0 Å². The molecule has 0 spiro atoms. The number of carbonyl (C=O) groups excluding carboxylic acids is 1. The average Bonchev–Trinajstić information content (AvgIpc) is 3.02. The fraction of sp³-hybridized carbons (Fsp3) is 0.438. The van der Waals surface area contributed by atoms with Crippen molar-refractivity contribution in [2.24, 2.45) is 5.73 Å². The Bertz CT molecular complexity index is 683. The highest BCUT2D eigenvalue weighted by Crippen LogP contribution is 2.32. The fourth-order valence-corrected chi connectivity index (χ4v) is 3.10. The molecule has 0 bridgehead atoms. The molecule has 1 aliphatic heterocycles. The van der Waals surface area contributed by atoms with E-state index in [0.717, 1.165) is 42.0 Å². The molecule has 0 aliphatic carbocycles. The number of hydrogen-bond donors (Lipinski definition) is 4. The van der Waals surface area contributed by atoms with Gasteiger partial charge in [-0.1, -0.05) is 6.07 Å². The Hall–Kier alpha value is -2.01. The highest BCUT2D eigenvalue weighted by Gasteiger charge is 2.18. The molecule has 1 aliphatic rings. The largest absolute Gasteiger partial charge is 0.380 e. The first-order valence-corrected chi connectivity index (χ1v) is 7.42. The van der Waals surface area contributed by atoms with Gasteiger partial charge in [0.05, 0.1) is 11.9 Å². The number of amides is 1. The van der Waals surface area contributed by atoms with E-state index in [9.17, 15) is 4.79 Å². The third kappa shape index (κ3) is 2.61. The van der Waals surface area contributed by atoms with Gasteiger partial charge in [-0.3, -0.25) is 4.79 Å². The van der Waals surface area contributed by atoms with Crippen LogP contribution in [0.25, 0.3) is 10.9 Å². The van der Waals surface area contributed by atoms with E-state index in [0.29, 0.717) is 6.04 Å². The normalized spacial score (nSPS) is 18.3. The first kappa shape index (κ1) is 13.9. The smallest absolute Gasteiger partial charge is 0.221 e. The number of aryl methyl sites for hydroxylation is 2. The fourth-order valence-electron chi connectivity index (χ4n) is 3.10. The van der Waals surface area contributed by atoms with Gasteiger partial charge >= 0.3 is 0 Å². The molecule has 1 atom stereocenters. The second-order valence-electron chi connectivity index (χ2n) is 5.87. The van der Waals surface area contributed by atoms with E-state index in [1.54, 1.807) is 0 Å². The predicted molar refractivity (Wildman–Crippen MR) is 85.6 cm³/mol. The SMILES string of the molecule is Cc1[nH]c2c(CC(N)=O)ccc(NC3CCNC3)c2c1C. The molecule has 1 amide bonds. The van der Waals surface area contributed by atoms with Crippen LogP contribution in [0.1, 0.15) is 23.2 Å². The van der Waals surface area contributed by atoms with E-state index >= 15 is 0 Å². The molecule has 1 aromatic heterocycles. The molecule has 0 radical (unpaired) electrons. The van der Waals surface area contributed by atoms with E-state index in [1.165, 1.54) is 10.9 Å². The van der Waals surface area contributed by atoms with Crippen molar-refractivity contribution in [3.05, 3.63) is 29.0 Å². The van der Waals surface area contributed by atoms with Gasteiger partial charge < -0.3 is 21.4 Å². The van der Waals surface area contributed by atoms with Crippen LogP contribution in [0.15, 0.2) is 12.1 Å². The number of anilines is 1. The molecule has 3 rings (SSSR count). The molecule has 1 saturated heterocycles. The monoisotopic (exact) mass is 286 g/mol. The standard InChI is InChI=1S/C16H22N4O/c1-9-10(2)19-16-11(7-14(17)21)3-4-13(15(9)16)20-12-5-6-18-8-12/h3-4,12,18-20H,5-8H2,1-2H3,(H2,17,21). The molecule has 1 unspecified atom stereocenters. The highest BCUT2D eigenvalue weighted by atomic mass is 16.1. The Kier molecular flexibility index (Phi) is 3.59. The molecular formula is C16H22N4O. The van der Waals surface area contributed by atoms with Crippen LogP contribution >= 0.6 is 0 Å². The zero-order valence-corrected chi connectivity index (χ0v) is 12.5. The number of fused-ring (bicyclic) bond motifs is 1. The van der Waals surface area contributed by atoms with Crippen LogP contribution in [-0.2, 0) is 11.2 Å². The summed E-state index contributed by atoms with van der Waals surface area (Å²) in [6.07, 6.45) is 1.40. The van der Waals surface area contributed by atoms with Gasteiger partial charge in [0.2, 0.25) is 5.91 Å². The average molecular weight is 286 g/mol. The van der Waals surface area contributed by atoms with E-state index in [1.807, 2.05) is 6.07 Å². The van der Waals surface area contributed by atoms with Gasteiger partial charge in [-0.25, -0.2) is 0 Å². The molecule has 1 fully saturated rings. The molecule has 5 heteroatoms. The predicted octanol–water partition coefficient (Wildman–Crippen LogP) is 1.59. The highest BCUT2D eigenvalue weighted by molar-refractivity contribution is 5.99. The van der Waals surface area contributed by atoms with Gasteiger partial charge in [-0.05, 0) is 44.0 Å². The molecule has 21 heavy (non-hydrogen) atoms. The van der Waals surface area contributed by atoms with Gasteiger partial charge in [0.1, 0.15) is 0 Å². The lowest BCUT2D eigenvalue weighted by Gasteiger charge is -2.15. The summed E-state index contributed by atoms with van der Waals surface area (Å²) in [4.78, 5) is 14.7. The quantitative estimate of drug-likeness (QED) is 0.689. The minimum atomic E-state index is -0.304.